The summed E-state index contributed by atoms with van der Waals surface area (Å²) in [6, 6.07) is 5.09. The number of amides is 2. The van der Waals surface area contributed by atoms with Crippen molar-refractivity contribution in [1.82, 2.24) is 9.80 Å². The van der Waals surface area contributed by atoms with Crippen LogP contribution in [0.2, 0.25) is 10.0 Å². The van der Waals surface area contributed by atoms with Gasteiger partial charge in [0.05, 0.1) is 11.6 Å². The van der Waals surface area contributed by atoms with Crippen LogP contribution in [0.3, 0.4) is 0 Å². The summed E-state index contributed by atoms with van der Waals surface area (Å²) in [5, 5.41) is 1.03. The van der Waals surface area contributed by atoms with E-state index in [0.29, 0.717) is 48.3 Å². The van der Waals surface area contributed by atoms with E-state index in [1.807, 2.05) is 9.80 Å². The predicted molar refractivity (Wildman–Crippen MR) is 106 cm³/mol. The molecule has 2 amide bonds. The third kappa shape index (κ3) is 5.52. The van der Waals surface area contributed by atoms with Crippen LogP contribution < -0.4 is 4.74 Å². The Morgan fingerprint density at radius 1 is 1.04 bits per heavy atom. The highest BCUT2D eigenvalue weighted by atomic mass is 35.5. The molecule has 148 valence electrons. The Balaban J connectivity index is 1.35. The van der Waals surface area contributed by atoms with Crippen LogP contribution >= 0.6 is 23.2 Å². The van der Waals surface area contributed by atoms with Crippen LogP contribution in [0.15, 0.2) is 18.2 Å². The zero-order valence-electron chi connectivity index (χ0n) is 15.5. The van der Waals surface area contributed by atoms with Crippen LogP contribution in [0.25, 0.3) is 0 Å². The molecular weight excluding hydrogens is 387 g/mol. The molecule has 0 unspecified atom stereocenters. The summed E-state index contributed by atoms with van der Waals surface area (Å²) in [5.41, 5.74) is 0. The van der Waals surface area contributed by atoms with Gasteiger partial charge in [-0.25, -0.2) is 0 Å². The van der Waals surface area contributed by atoms with E-state index in [1.165, 1.54) is 0 Å². The first kappa shape index (κ1) is 20.3. The van der Waals surface area contributed by atoms with E-state index in [2.05, 4.69) is 0 Å². The van der Waals surface area contributed by atoms with E-state index in [1.54, 1.807) is 18.2 Å². The van der Waals surface area contributed by atoms with Crippen LogP contribution in [0.4, 0.5) is 0 Å². The van der Waals surface area contributed by atoms with Gasteiger partial charge in [0.1, 0.15) is 5.75 Å². The van der Waals surface area contributed by atoms with Gasteiger partial charge in [-0.05, 0) is 50.3 Å². The minimum Gasteiger partial charge on any atom is -0.492 e. The molecule has 0 spiro atoms. The standard InChI is InChI=1S/C20H26Cl2N2O3/c21-16-5-6-18(17(22)14-16)27-13-3-4-19(25)23-11-7-15(8-12-23)20(26)24-9-1-2-10-24/h5-6,14-15H,1-4,7-13H2. The average Bonchev–Trinajstić information content (AvgIpc) is 3.21. The molecule has 0 radical (unpaired) electrons. The molecule has 2 fully saturated rings. The van der Waals surface area contributed by atoms with E-state index in [9.17, 15) is 9.59 Å². The number of ether oxygens (including phenoxy) is 1. The lowest BCUT2D eigenvalue weighted by Gasteiger charge is -2.33. The third-order valence-electron chi connectivity index (χ3n) is 5.30. The number of hydrogen-bond donors (Lipinski definition) is 0. The predicted octanol–water partition coefficient (Wildman–Crippen LogP) is 4.01. The average molecular weight is 413 g/mol. The Hall–Kier alpha value is -1.46. The molecule has 0 N–H and O–H groups in total. The first-order chi connectivity index (χ1) is 13.0. The molecule has 2 saturated heterocycles. The van der Waals surface area contributed by atoms with Gasteiger partial charge in [-0.15, -0.1) is 0 Å². The normalized spacial score (nSPS) is 18.0. The molecular formula is C20H26Cl2N2O3. The number of benzene rings is 1. The lowest BCUT2D eigenvalue weighted by atomic mass is 9.95. The van der Waals surface area contributed by atoms with E-state index < -0.39 is 0 Å². The summed E-state index contributed by atoms with van der Waals surface area (Å²) >= 11 is 11.9. The molecule has 27 heavy (non-hydrogen) atoms. The number of nitrogens with zero attached hydrogens (tertiary/aromatic N) is 2. The van der Waals surface area contributed by atoms with Gasteiger partial charge >= 0.3 is 0 Å². The number of carbonyl (C=O) groups excluding carboxylic acids is 2. The van der Waals surface area contributed by atoms with Crippen molar-refractivity contribution in [2.75, 3.05) is 32.8 Å². The minimum absolute atomic E-state index is 0.0857. The maximum Gasteiger partial charge on any atom is 0.225 e. The molecule has 5 nitrogen and oxygen atoms in total. The van der Waals surface area contributed by atoms with Crippen LogP contribution in [0.1, 0.15) is 38.5 Å². The smallest absolute Gasteiger partial charge is 0.225 e. The van der Waals surface area contributed by atoms with Crippen LogP contribution in [-0.4, -0.2) is 54.4 Å². The second-order valence-corrected chi connectivity index (χ2v) is 8.06. The molecule has 0 aliphatic carbocycles. The van der Waals surface area contributed by atoms with E-state index in [4.69, 9.17) is 27.9 Å². The Morgan fingerprint density at radius 3 is 2.41 bits per heavy atom. The summed E-state index contributed by atoms with van der Waals surface area (Å²) in [5.74, 6) is 1.08. The summed E-state index contributed by atoms with van der Waals surface area (Å²) in [7, 11) is 0. The molecule has 0 aromatic heterocycles. The summed E-state index contributed by atoms with van der Waals surface area (Å²) < 4.78 is 5.62. The largest absolute Gasteiger partial charge is 0.492 e. The van der Waals surface area contributed by atoms with Crippen molar-refractivity contribution in [3.8, 4) is 5.75 Å². The first-order valence-electron chi connectivity index (χ1n) is 9.69. The number of hydrogen-bond acceptors (Lipinski definition) is 3. The zero-order chi connectivity index (χ0) is 19.2. The second kappa shape index (κ2) is 9.65. The minimum atomic E-state index is 0.0857. The number of carbonyl (C=O) groups is 2. The molecule has 1 aromatic rings. The highest BCUT2D eigenvalue weighted by molar-refractivity contribution is 6.35. The van der Waals surface area contributed by atoms with Crippen LogP contribution in [0, 0.1) is 5.92 Å². The summed E-state index contributed by atoms with van der Waals surface area (Å²) in [6.07, 6.45) is 4.86. The fourth-order valence-electron chi connectivity index (χ4n) is 3.73. The van der Waals surface area contributed by atoms with Crippen molar-refractivity contribution >= 4 is 35.0 Å². The quantitative estimate of drug-likeness (QED) is 0.663. The maximum atomic E-state index is 12.5. The van der Waals surface area contributed by atoms with Crippen molar-refractivity contribution < 1.29 is 14.3 Å². The summed E-state index contributed by atoms with van der Waals surface area (Å²) in [6.45, 7) is 3.57. The fraction of sp³-hybridized carbons (Fsp3) is 0.600. The Kier molecular flexibility index (Phi) is 7.25. The van der Waals surface area contributed by atoms with E-state index in [-0.39, 0.29) is 17.7 Å². The number of halogens is 2. The van der Waals surface area contributed by atoms with Crippen molar-refractivity contribution in [3.05, 3.63) is 28.2 Å². The van der Waals surface area contributed by atoms with Gasteiger partial charge in [-0.2, -0.15) is 0 Å². The van der Waals surface area contributed by atoms with Crippen LogP contribution in [-0.2, 0) is 9.59 Å². The second-order valence-electron chi connectivity index (χ2n) is 7.21. The van der Waals surface area contributed by atoms with Gasteiger partial charge in [0.2, 0.25) is 11.8 Å². The maximum absolute atomic E-state index is 12.5. The first-order valence-corrected chi connectivity index (χ1v) is 10.4. The highest BCUT2D eigenvalue weighted by Gasteiger charge is 2.30. The monoisotopic (exact) mass is 412 g/mol. The van der Waals surface area contributed by atoms with Crippen LogP contribution in [0.5, 0.6) is 5.75 Å². The molecule has 3 rings (SSSR count). The molecule has 0 saturated carbocycles. The van der Waals surface area contributed by atoms with Crippen molar-refractivity contribution in [3.63, 3.8) is 0 Å². The number of rotatable bonds is 6. The fourth-order valence-corrected chi connectivity index (χ4v) is 4.19. The van der Waals surface area contributed by atoms with Gasteiger partial charge in [-0.1, -0.05) is 23.2 Å². The SMILES string of the molecule is O=C(CCCOc1ccc(Cl)cc1Cl)N1CCC(C(=O)N2CCCC2)CC1. The molecule has 2 aliphatic heterocycles. The lowest BCUT2D eigenvalue weighted by molar-refractivity contribution is -0.140. The number of likely N-dealkylation sites (tertiary alicyclic amines) is 2. The van der Waals surface area contributed by atoms with Crippen molar-refractivity contribution in [2.24, 2.45) is 5.92 Å². The molecule has 1 aromatic carbocycles. The van der Waals surface area contributed by atoms with Gasteiger partial charge in [0.25, 0.3) is 0 Å². The van der Waals surface area contributed by atoms with Crippen molar-refractivity contribution in [1.29, 1.82) is 0 Å². The topological polar surface area (TPSA) is 49.9 Å². The molecule has 0 bridgehead atoms. The van der Waals surface area contributed by atoms with Gasteiger partial charge < -0.3 is 14.5 Å². The highest BCUT2D eigenvalue weighted by Crippen LogP contribution is 2.27. The zero-order valence-corrected chi connectivity index (χ0v) is 17.0. The lowest BCUT2D eigenvalue weighted by Crippen LogP contribution is -2.43. The van der Waals surface area contributed by atoms with E-state index >= 15 is 0 Å². The van der Waals surface area contributed by atoms with E-state index in [0.717, 1.165) is 38.8 Å². The Labute approximate surface area is 170 Å². The Morgan fingerprint density at radius 2 is 1.74 bits per heavy atom. The number of piperidine rings is 1. The molecule has 2 heterocycles. The molecule has 2 aliphatic rings. The molecule has 7 heteroatoms. The molecule has 0 atom stereocenters. The third-order valence-corrected chi connectivity index (χ3v) is 5.83. The summed E-state index contributed by atoms with van der Waals surface area (Å²) in [4.78, 5) is 28.7. The van der Waals surface area contributed by atoms with Gasteiger partial charge in [0, 0.05) is 43.5 Å². The Bertz CT molecular complexity index is 669. The van der Waals surface area contributed by atoms with Gasteiger partial charge in [-0.3, -0.25) is 9.59 Å². The van der Waals surface area contributed by atoms with Gasteiger partial charge in [0.15, 0.2) is 0 Å². The van der Waals surface area contributed by atoms with Crippen molar-refractivity contribution in [2.45, 2.75) is 38.5 Å².